The third-order valence-corrected chi connectivity index (χ3v) is 9.26. The Morgan fingerprint density at radius 3 is 2.64 bits per heavy atom. The highest BCUT2D eigenvalue weighted by molar-refractivity contribution is 7.98. The molecule has 0 spiro atoms. The first kappa shape index (κ1) is 28.3. The number of halogens is 1. The van der Waals surface area contributed by atoms with E-state index in [4.69, 9.17) is 21.3 Å². The molecule has 3 aromatic carbocycles. The molecule has 42 heavy (non-hydrogen) atoms. The molecule has 212 valence electrons. The topological polar surface area (TPSA) is 65.6 Å². The van der Waals surface area contributed by atoms with Gasteiger partial charge in [-0.1, -0.05) is 65.4 Å². The first-order valence-corrected chi connectivity index (χ1v) is 16.0. The number of benzene rings is 3. The highest BCUT2D eigenvalue weighted by Crippen LogP contribution is 2.32. The van der Waals surface area contributed by atoms with Gasteiger partial charge in [0.25, 0.3) is 5.56 Å². The molecule has 1 aliphatic rings. The number of thiazole rings is 1. The van der Waals surface area contributed by atoms with Crippen LogP contribution in [0.3, 0.4) is 0 Å². The minimum absolute atomic E-state index is 0.196. The van der Waals surface area contributed by atoms with E-state index in [1.807, 2.05) is 73.0 Å². The van der Waals surface area contributed by atoms with Gasteiger partial charge in [0, 0.05) is 39.1 Å². The number of esters is 1. The average molecular weight is 614 g/mol. The lowest BCUT2D eigenvalue weighted by molar-refractivity contribution is -0.139. The van der Waals surface area contributed by atoms with Crippen molar-refractivity contribution in [3.63, 3.8) is 0 Å². The second-order valence-electron chi connectivity index (χ2n) is 9.93. The quantitative estimate of drug-likeness (QED) is 0.163. The van der Waals surface area contributed by atoms with E-state index in [2.05, 4.69) is 22.9 Å². The van der Waals surface area contributed by atoms with E-state index < -0.39 is 12.0 Å². The molecule has 5 aromatic rings. The van der Waals surface area contributed by atoms with E-state index in [1.165, 1.54) is 11.3 Å². The molecule has 0 aliphatic carbocycles. The van der Waals surface area contributed by atoms with Gasteiger partial charge in [-0.25, -0.2) is 9.79 Å². The third-order valence-electron chi connectivity index (χ3n) is 7.30. The number of carbonyl (C=O) groups excluding carboxylic acids is 1. The van der Waals surface area contributed by atoms with Gasteiger partial charge in [-0.05, 0) is 67.6 Å². The standard InChI is InChI=1S/C33H28ClN3O3S2/c1-4-40-32(39)29-20(2)35-33-37(30(29)22-12-14-25(41-3)15-13-22)31(38)28(42-33)17-23-19-36(27-11-6-5-10-26(23)27)18-21-8-7-9-24(34)16-21/h5-17,19,30H,4,18H2,1-3H3/b28-17-/t30-/m1/s1. The van der Waals surface area contributed by atoms with Crippen molar-refractivity contribution in [3.8, 4) is 0 Å². The molecule has 1 aliphatic heterocycles. The summed E-state index contributed by atoms with van der Waals surface area (Å²) >= 11 is 9.21. The minimum Gasteiger partial charge on any atom is -0.463 e. The van der Waals surface area contributed by atoms with E-state index in [1.54, 1.807) is 30.2 Å². The van der Waals surface area contributed by atoms with Gasteiger partial charge in [0.1, 0.15) is 0 Å². The highest BCUT2D eigenvalue weighted by Gasteiger charge is 2.33. The Morgan fingerprint density at radius 1 is 1.12 bits per heavy atom. The molecule has 0 unspecified atom stereocenters. The zero-order chi connectivity index (χ0) is 29.4. The van der Waals surface area contributed by atoms with Crippen LogP contribution < -0.4 is 14.9 Å². The zero-order valence-corrected chi connectivity index (χ0v) is 25.7. The van der Waals surface area contributed by atoms with E-state index in [0.29, 0.717) is 32.2 Å². The smallest absolute Gasteiger partial charge is 0.338 e. The van der Waals surface area contributed by atoms with Crippen molar-refractivity contribution in [2.45, 2.75) is 31.3 Å². The molecular weight excluding hydrogens is 586 g/mol. The average Bonchev–Trinajstić information content (AvgIpc) is 3.48. The lowest BCUT2D eigenvalue weighted by atomic mass is 9.96. The van der Waals surface area contributed by atoms with Crippen molar-refractivity contribution in [2.24, 2.45) is 4.99 Å². The third kappa shape index (κ3) is 5.26. The van der Waals surface area contributed by atoms with Crippen LogP contribution in [-0.4, -0.2) is 28.0 Å². The van der Waals surface area contributed by atoms with Gasteiger partial charge in [0.05, 0.1) is 28.5 Å². The number of rotatable bonds is 7. The van der Waals surface area contributed by atoms with Crippen molar-refractivity contribution in [2.75, 3.05) is 12.9 Å². The van der Waals surface area contributed by atoms with Crippen LogP contribution in [0.4, 0.5) is 0 Å². The Labute approximate surface area is 256 Å². The van der Waals surface area contributed by atoms with E-state index >= 15 is 0 Å². The molecule has 0 amide bonds. The second-order valence-corrected chi connectivity index (χ2v) is 12.3. The molecular formula is C33H28ClN3O3S2. The number of hydrogen-bond donors (Lipinski definition) is 0. The van der Waals surface area contributed by atoms with Crippen molar-refractivity contribution < 1.29 is 9.53 Å². The Balaban J connectivity index is 1.51. The summed E-state index contributed by atoms with van der Waals surface area (Å²) in [5.74, 6) is -0.462. The molecule has 0 saturated carbocycles. The normalized spacial score (nSPS) is 15.1. The fraction of sp³-hybridized carbons (Fsp3) is 0.182. The highest BCUT2D eigenvalue weighted by atomic mass is 35.5. The Morgan fingerprint density at radius 2 is 1.90 bits per heavy atom. The molecule has 3 heterocycles. The van der Waals surface area contributed by atoms with Crippen LogP contribution in [0, 0.1) is 0 Å². The van der Waals surface area contributed by atoms with Crippen LogP contribution in [-0.2, 0) is 16.1 Å². The van der Waals surface area contributed by atoms with Crippen molar-refractivity contribution in [3.05, 3.63) is 132 Å². The first-order chi connectivity index (χ1) is 20.4. The fourth-order valence-corrected chi connectivity index (χ4v) is 7.05. The van der Waals surface area contributed by atoms with Crippen LogP contribution in [0.2, 0.25) is 5.02 Å². The van der Waals surface area contributed by atoms with Crippen molar-refractivity contribution >= 4 is 57.6 Å². The summed E-state index contributed by atoms with van der Waals surface area (Å²) < 4.78 is 9.77. The monoisotopic (exact) mass is 613 g/mol. The molecule has 1 atom stereocenters. The molecule has 0 radical (unpaired) electrons. The largest absolute Gasteiger partial charge is 0.463 e. The number of fused-ring (bicyclic) bond motifs is 2. The number of thioether (sulfide) groups is 1. The zero-order valence-electron chi connectivity index (χ0n) is 23.3. The van der Waals surface area contributed by atoms with E-state index in [-0.39, 0.29) is 12.2 Å². The Kier molecular flexibility index (Phi) is 7.94. The fourth-order valence-electron chi connectivity index (χ4n) is 5.39. The first-order valence-electron chi connectivity index (χ1n) is 13.5. The maximum Gasteiger partial charge on any atom is 0.338 e. The van der Waals surface area contributed by atoms with Gasteiger partial charge in [0.15, 0.2) is 4.80 Å². The molecule has 0 fully saturated rings. The summed E-state index contributed by atoms with van der Waals surface area (Å²) in [7, 11) is 0. The van der Waals surface area contributed by atoms with Gasteiger partial charge in [-0.3, -0.25) is 9.36 Å². The summed E-state index contributed by atoms with van der Waals surface area (Å²) in [5.41, 5.74) is 4.64. The number of nitrogens with zero attached hydrogens (tertiary/aromatic N) is 3. The lowest BCUT2D eigenvalue weighted by Gasteiger charge is -2.24. The summed E-state index contributed by atoms with van der Waals surface area (Å²) in [6.45, 7) is 4.45. The maximum absolute atomic E-state index is 14.1. The summed E-state index contributed by atoms with van der Waals surface area (Å²) in [4.78, 5) is 33.7. The number of carbonyl (C=O) groups is 1. The van der Waals surface area contributed by atoms with E-state index in [0.717, 1.165) is 32.5 Å². The number of para-hydroxylation sites is 1. The second kappa shape index (κ2) is 11.8. The van der Waals surface area contributed by atoms with Crippen LogP contribution >= 0.6 is 34.7 Å². The van der Waals surface area contributed by atoms with Crippen molar-refractivity contribution in [1.29, 1.82) is 0 Å². The van der Waals surface area contributed by atoms with Gasteiger partial charge >= 0.3 is 5.97 Å². The molecule has 2 aromatic heterocycles. The molecule has 0 N–H and O–H groups in total. The van der Waals surface area contributed by atoms with Crippen LogP contribution in [0.1, 0.15) is 36.6 Å². The summed E-state index contributed by atoms with van der Waals surface area (Å²) in [6, 6.07) is 23.3. The minimum atomic E-state index is -0.637. The summed E-state index contributed by atoms with van der Waals surface area (Å²) in [5, 5.41) is 1.73. The molecule has 0 bridgehead atoms. The predicted octanol–water partition coefficient (Wildman–Crippen LogP) is 6.18. The molecule has 6 rings (SSSR count). The number of hydrogen-bond acceptors (Lipinski definition) is 6. The van der Waals surface area contributed by atoms with E-state index in [9.17, 15) is 9.59 Å². The van der Waals surface area contributed by atoms with Crippen LogP contribution in [0.15, 0.2) is 105 Å². The van der Waals surface area contributed by atoms with Gasteiger partial charge in [0.2, 0.25) is 0 Å². The maximum atomic E-state index is 14.1. The van der Waals surface area contributed by atoms with Crippen molar-refractivity contribution in [1.82, 2.24) is 9.13 Å². The SMILES string of the molecule is CCOC(=O)C1=C(C)N=c2s/c(=C\c3cn(Cc4cccc(Cl)c4)c4ccccc34)c(=O)n2[C@@H]1c1ccc(SC)cc1. The number of aromatic nitrogens is 2. The number of allylic oxidation sites excluding steroid dienone is 1. The summed E-state index contributed by atoms with van der Waals surface area (Å²) in [6.07, 6.45) is 6.01. The van der Waals surface area contributed by atoms with Gasteiger partial charge in [-0.15, -0.1) is 11.8 Å². The van der Waals surface area contributed by atoms with Gasteiger partial charge < -0.3 is 9.30 Å². The predicted molar refractivity (Wildman–Crippen MR) is 171 cm³/mol. The van der Waals surface area contributed by atoms with Crippen LogP contribution in [0.25, 0.3) is 17.0 Å². The molecule has 6 nitrogen and oxygen atoms in total. The lowest BCUT2D eigenvalue weighted by Crippen LogP contribution is -2.39. The number of ether oxygens (including phenoxy) is 1. The van der Waals surface area contributed by atoms with Crippen LogP contribution in [0.5, 0.6) is 0 Å². The molecule has 0 saturated heterocycles. The Hall–Kier alpha value is -3.85. The molecule has 9 heteroatoms. The van der Waals surface area contributed by atoms with Gasteiger partial charge in [-0.2, -0.15) is 0 Å². The Bertz CT molecular complexity index is 2040.